The molecule has 2 atom stereocenters. The number of aromatic nitrogens is 2. The molecular weight excluding hydrogens is 332 g/mol. The highest BCUT2D eigenvalue weighted by Crippen LogP contribution is 2.49. The maximum Gasteiger partial charge on any atom is 0.321 e. The van der Waals surface area contributed by atoms with Crippen molar-refractivity contribution in [2.75, 3.05) is 18.4 Å². The van der Waals surface area contributed by atoms with E-state index in [4.69, 9.17) is 0 Å². The Hall–Kier alpha value is -2.05. The SMILES string of the molecule is Cn1cc(NC(=O)N2C[C@@H]3CCC[C@@]3(C(=O)O)C2)c(C2CCCCC2)n1. The van der Waals surface area contributed by atoms with Crippen LogP contribution in [0.4, 0.5) is 10.5 Å². The third-order valence-electron chi connectivity index (χ3n) is 6.67. The van der Waals surface area contributed by atoms with Crippen molar-refractivity contribution in [3.8, 4) is 0 Å². The summed E-state index contributed by atoms with van der Waals surface area (Å²) in [5.74, 6) is -0.263. The average molecular weight is 360 g/mol. The Bertz CT molecular complexity index is 710. The van der Waals surface area contributed by atoms with Gasteiger partial charge in [-0.3, -0.25) is 9.48 Å². The summed E-state index contributed by atoms with van der Waals surface area (Å²) in [5, 5.41) is 17.3. The predicted octanol–water partition coefficient (Wildman–Crippen LogP) is 3.19. The van der Waals surface area contributed by atoms with E-state index in [1.807, 2.05) is 13.2 Å². The lowest BCUT2D eigenvalue weighted by atomic mass is 9.81. The number of carboxylic acids is 1. The molecule has 3 fully saturated rings. The lowest BCUT2D eigenvalue weighted by molar-refractivity contribution is -0.149. The van der Waals surface area contributed by atoms with Crippen molar-refractivity contribution < 1.29 is 14.7 Å². The van der Waals surface area contributed by atoms with Crippen LogP contribution in [0.15, 0.2) is 6.20 Å². The molecule has 0 spiro atoms. The topological polar surface area (TPSA) is 87.5 Å². The third-order valence-corrected chi connectivity index (χ3v) is 6.67. The Morgan fingerprint density at radius 1 is 1.23 bits per heavy atom. The Morgan fingerprint density at radius 2 is 2.00 bits per heavy atom. The molecule has 1 saturated heterocycles. The maximum absolute atomic E-state index is 12.8. The van der Waals surface area contributed by atoms with Crippen LogP contribution in [0.1, 0.15) is 63.0 Å². The molecule has 0 radical (unpaired) electrons. The number of urea groups is 1. The number of likely N-dealkylation sites (tertiary alicyclic amines) is 1. The zero-order chi connectivity index (χ0) is 18.3. The van der Waals surface area contributed by atoms with Gasteiger partial charge >= 0.3 is 12.0 Å². The highest BCUT2D eigenvalue weighted by molar-refractivity contribution is 5.91. The number of aryl methyl sites for hydroxylation is 1. The molecule has 4 rings (SSSR count). The molecule has 2 heterocycles. The van der Waals surface area contributed by atoms with E-state index in [1.165, 1.54) is 19.3 Å². The van der Waals surface area contributed by atoms with Crippen molar-refractivity contribution in [1.82, 2.24) is 14.7 Å². The van der Waals surface area contributed by atoms with E-state index in [9.17, 15) is 14.7 Å². The van der Waals surface area contributed by atoms with Crippen molar-refractivity contribution in [3.05, 3.63) is 11.9 Å². The minimum Gasteiger partial charge on any atom is -0.481 e. The fourth-order valence-electron chi connectivity index (χ4n) is 5.27. The van der Waals surface area contributed by atoms with E-state index >= 15 is 0 Å². The first-order valence-corrected chi connectivity index (χ1v) is 9.82. The summed E-state index contributed by atoms with van der Waals surface area (Å²) in [6.45, 7) is 0.856. The minimum absolute atomic E-state index is 0.0810. The van der Waals surface area contributed by atoms with Crippen LogP contribution in [-0.2, 0) is 11.8 Å². The highest BCUT2D eigenvalue weighted by atomic mass is 16.4. The molecule has 0 bridgehead atoms. The minimum atomic E-state index is -0.750. The van der Waals surface area contributed by atoms with Gasteiger partial charge in [0.25, 0.3) is 0 Å². The second-order valence-electron chi connectivity index (χ2n) is 8.30. The number of hydrogen-bond acceptors (Lipinski definition) is 3. The molecule has 7 nitrogen and oxygen atoms in total. The Labute approximate surface area is 153 Å². The van der Waals surface area contributed by atoms with Gasteiger partial charge in [-0.05, 0) is 31.6 Å². The van der Waals surface area contributed by atoms with Crippen molar-refractivity contribution in [3.63, 3.8) is 0 Å². The molecule has 3 aliphatic rings. The number of rotatable bonds is 3. The molecule has 7 heteroatoms. The lowest BCUT2D eigenvalue weighted by Crippen LogP contribution is -2.38. The van der Waals surface area contributed by atoms with Gasteiger partial charge in [0.15, 0.2) is 0 Å². The van der Waals surface area contributed by atoms with Gasteiger partial charge in [0.1, 0.15) is 0 Å². The van der Waals surface area contributed by atoms with Gasteiger partial charge in [0, 0.05) is 32.3 Å². The third kappa shape index (κ3) is 2.87. The van der Waals surface area contributed by atoms with E-state index < -0.39 is 11.4 Å². The molecule has 2 saturated carbocycles. The molecule has 142 valence electrons. The number of carboxylic acid groups (broad SMARTS) is 1. The summed E-state index contributed by atoms with van der Waals surface area (Å²) in [6, 6.07) is -0.190. The van der Waals surface area contributed by atoms with Gasteiger partial charge in [-0.25, -0.2) is 4.79 Å². The Balaban J connectivity index is 1.48. The van der Waals surface area contributed by atoms with Gasteiger partial charge in [0.2, 0.25) is 0 Å². The number of aliphatic carboxylic acids is 1. The number of carbonyl (C=O) groups is 2. The van der Waals surface area contributed by atoms with Crippen LogP contribution in [0.2, 0.25) is 0 Å². The largest absolute Gasteiger partial charge is 0.481 e. The standard InChI is InChI=1S/C19H28N4O3/c1-22-11-15(16(21-22)13-6-3-2-4-7-13)20-18(26)23-10-14-8-5-9-19(14,12-23)17(24)25/h11,13-14H,2-10,12H2,1H3,(H,20,26)(H,24,25)/t14-,19+/m0/s1. The summed E-state index contributed by atoms with van der Waals surface area (Å²) in [7, 11) is 1.88. The maximum atomic E-state index is 12.8. The van der Waals surface area contributed by atoms with Gasteiger partial charge in [-0.2, -0.15) is 5.10 Å². The monoisotopic (exact) mass is 360 g/mol. The van der Waals surface area contributed by atoms with Gasteiger partial charge < -0.3 is 15.3 Å². The molecule has 2 aliphatic carbocycles. The number of nitrogens with zero attached hydrogens (tertiary/aromatic N) is 3. The summed E-state index contributed by atoms with van der Waals surface area (Å²) in [6.07, 6.45) is 10.3. The number of anilines is 1. The Kier molecular flexibility index (Phi) is 4.40. The first-order valence-electron chi connectivity index (χ1n) is 9.82. The van der Waals surface area contributed by atoms with Crippen LogP contribution in [0, 0.1) is 11.3 Å². The molecule has 26 heavy (non-hydrogen) atoms. The summed E-state index contributed by atoms with van der Waals surface area (Å²) < 4.78 is 1.76. The zero-order valence-electron chi connectivity index (χ0n) is 15.4. The van der Waals surface area contributed by atoms with Crippen molar-refractivity contribution in [2.24, 2.45) is 18.4 Å². The van der Waals surface area contributed by atoms with Crippen LogP contribution in [0.5, 0.6) is 0 Å². The number of amides is 2. The Morgan fingerprint density at radius 3 is 2.69 bits per heavy atom. The highest BCUT2D eigenvalue weighted by Gasteiger charge is 2.55. The van der Waals surface area contributed by atoms with Gasteiger partial charge in [-0.15, -0.1) is 0 Å². The van der Waals surface area contributed by atoms with E-state index in [-0.39, 0.29) is 11.9 Å². The number of hydrogen-bond donors (Lipinski definition) is 2. The molecule has 1 aliphatic heterocycles. The van der Waals surface area contributed by atoms with Gasteiger partial charge in [0.05, 0.1) is 16.8 Å². The van der Waals surface area contributed by atoms with Gasteiger partial charge in [-0.1, -0.05) is 25.7 Å². The molecule has 1 aromatic rings. The second-order valence-corrected chi connectivity index (χ2v) is 8.30. The second kappa shape index (κ2) is 6.59. The number of nitrogens with one attached hydrogen (secondary N) is 1. The van der Waals surface area contributed by atoms with E-state index in [0.29, 0.717) is 25.4 Å². The van der Waals surface area contributed by atoms with Crippen molar-refractivity contribution in [1.29, 1.82) is 0 Å². The molecule has 0 aromatic carbocycles. The first-order chi connectivity index (χ1) is 12.5. The molecule has 1 aromatic heterocycles. The molecule has 2 amide bonds. The quantitative estimate of drug-likeness (QED) is 0.866. The van der Waals surface area contributed by atoms with Crippen LogP contribution in [0.25, 0.3) is 0 Å². The van der Waals surface area contributed by atoms with Crippen LogP contribution in [-0.4, -0.2) is 44.9 Å². The molecular formula is C19H28N4O3. The molecule has 0 unspecified atom stereocenters. The van der Waals surface area contributed by atoms with E-state index in [0.717, 1.165) is 37.1 Å². The smallest absolute Gasteiger partial charge is 0.321 e. The summed E-state index contributed by atoms with van der Waals surface area (Å²) in [4.78, 5) is 26.4. The predicted molar refractivity (Wildman–Crippen MR) is 97.0 cm³/mol. The number of fused-ring (bicyclic) bond motifs is 1. The summed E-state index contributed by atoms with van der Waals surface area (Å²) in [5.41, 5.74) is 1.03. The van der Waals surface area contributed by atoms with Crippen molar-refractivity contribution >= 4 is 17.7 Å². The van der Waals surface area contributed by atoms with Crippen LogP contribution < -0.4 is 5.32 Å². The first kappa shape index (κ1) is 17.4. The average Bonchev–Trinajstić information content (AvgIpc) is 3.28. The van der Waals surface area contributed by atoms with E-state index in [2.05, 4.69) is 10.4 Å². The number of carbonyl (C=O) groups excluding carboxylic acids is 1. The zero-order valence-corrected chi connectivity index (χ0v) is 15.4. The lowest BCUT2D eigenvalue weighted by Gasteiger charge is -2.24. The van der Waals surface area contributed by atoms with E-state index in [1.54, 1.807) is 9.58 Å². The summed E-state index contributed by atoms with van der Waals surface area (Å²) >= 11 is 0. The normalized spacial score (nSPS) is 29.0. The fraction of sp³-hybridized carbons (Fsp3) is 0.737. The van der Waals surface area contributed by atoms with Crippen molar-refractivity contribution in [2.45, 2.75) is 57.3 Å². The fourth-order valence-corrected chi connectivity index (χ4v) is 5.27. The molecule has 2 N–H and O–H groups in total. The van der Waals surface area contributed by atoms with Crippen LogP contribution >= 0.6 is 0 Å². The van der Waals surface area contributed by atoms with Crippen LogP contribution in [0.3, 0.4) is 0 Å².